The minimum Gasteiger partial charge on any atom is -0.494 e. The van der Waals surface area contributed by atoms with Gasteiger partial charge in [0.1, 0.15) is 25.3 Å². The summed E-state index contributed by atoms with van der Waals surface area (Å²) in [6.07, 6.45) is 15.3. The van der Waals surface area contributed by atoms with Gasteiger partial charge in [-0.15, -0.1) is 6.42 Å². The maximum absolute atomic E-state index is 14.0. The Balaban J connectivity index is 0.918. The van der Waals surface area contributed by atoms with Crippen molar-refractivity contribution in [2.75, 3.05) is 125 Å². The predicted molar refractivity (Wildman–Crippen MR) is 334 cm³/mol. The molecule has 0 spiro atoms. The lowest BCUT2D eigenvalue weighted by atomic mass is 9.92. The van der Waals surface area contributed by atoms with Crippen molar-refractivity contribution in [2.24, 2.45) is 5.92 Å². The predicted octanol–water partition coefficient (Wildman–Crippen LogP) is 3.58. The molecular formula is C65H91F2N11O13. The number of fused-ring (bicyclic) bond motifs is 1. The summed E-state index contributed by atoms with van der Waals surface area (Å²) in [4.78, 5) is 128. The standard InChI is InChI=1S/C65H91F2N11O13/c1-3-52-40-65(66,67)44-78(52)61(84)41-71-63(87)54-22-27-68-56-21-20-53(39-55(54)56)91-38-10-12-51-23-28-77(29-24-51)60(83)15-5-4-7-26-70-64(88)57(13-6-8-25-69-58(81)14-9-11-50-18-16-49(2)17-19-50)72-59(82)42-73-30-31-74(43-62(85)86)33-35-76(46-90-48-80)37-36-75(34-32-73)45-89-47-79/h1,16-22,27,39,47-48,51-52,57H,4-15,23-26,28-38,40-46H2,2H3,(H,69,81)(H,70,88)(H,71,87)(H,72,82)(H,85,86)/t52-,57-/m0/s1. The number of amides is 6. The maximum atomic E-state index is 14.0. The van der Waals surface area contributed by atoms with Gasteiger partial charge in [-0.25, -0.2) is 8.78 Å². The molecule has 3 saturated heterocycles. The summed E-state index contributed by atoms with van der Waals surface area (Å²) in [5.74, 6) is -2.92. The van der Waals surface area contributed by atoms with Crippen LogP contribution in [0.4, 0.5) is 8.78 Å². The third-order valence-corrected chi connectivity index (χ3v) is 16.7. The molecule has 3 aliphatic rings. The van der Waals surface area contributed by atoms with Gasteiger partial charge in [0.05, 0.1) is 49.9 Å². The molecule has 4 heterocycles. The molecule has 2 atom stereocenters. The van der Waals surface area contributed by atoms with E-state index in [1.807, 2.05) is 26.5 Å². The normalized spacial score (nSPS) is 17.5. The fourth-order valence-electron chi connectivity index (χ4n) is 11.4. The van der Waals surface area contributed by atoms with Crippen molar-refractivity contribution in [1.29, 1.82) is 0 Å². The first-order valence-corrected chi connectivity index (χ1v) is 31.7. The van der Waals surface area contributed by atoms with Crippen LogP contribution >= 0.6 is 0 Å². The fourth-order valence-corrected chi connectivity index (χ4v) is 11.4. The van der Waals surface area contributed by atoms with E-state index in [0.29, 0.717) is 178 Å². The van der Waals surface area contributed by atoms with Crippen LogP contribution < -0.4 is 26.0 Å². The third-order valence-electron chi connectivity index (χ3n) is 16.7. The Morgan fingerprint density at radius 3 is 2.04 bits per heavy atom. The second-order valence-corrected chi connectivity index (χ2v) is 23.7. The highest BCUT2D eigenvalue weighted by molar-refractivity contribution is 6.07. The first-order valence-electron chi connectivity index (χ1n) is 31.7. The van der Waals surface area contributed by atoms with Crippen LogP contribution in [0.25, 0.3) is 10.9 Å². The molecule has 0 aliphatic carbocycles. The van der Waals surface area contributed by atoms with Gasteiger partial charge in [0.15, 0.2) is 0 Å². The molecule has 1 aromatic heterocycles. The first-order chi connectivity index (χ1) is 43.9. The number of aryl methyl sites for hydroxylation is 2. The number of terminal acetylenes is 1. The number of carbonyl (C=O) groups is 9. The second kappa shape index (κ2) is 38.7. The molecule has 6 rings (SSSR count). The van der Waals surface area contributed by atoms with Gasteiger partial charge in [-0.3, -0.25) is 67.7 Å². The smallest absolute Gasteiger partial charge is 0.317 e. The van der Waals surface area contributed by atoms with E-state index in [-0.39, 0.29) is 49.8 Å². The Hall–Kier alpha value is -7.86. The summed E-state index contributed by atoms with van der Waals surface area (Å²) in [6, 6.07) is 13.0. The van der Waals surface area contributed by atoms with Gasteiger partial charge in [0.25, 0.3) is 24.8 Å². The molecule has 6 amide bonds. The van der Waals surface area contributed by atoms with Crippen molar-refractivity contribution in [2.45, 2.75) is 121 Å². The highest BCUT2D eigenvalue weighted by Gasteiger charge is 2.46. The first kappa shape index (κ1) is 72.2. The second-order valence-electron chi connectivity index (χ2n) is 23.7. The number of nitrogens with one attached hydrogen (secondary N) is 4. The molecule has 3 fully saturated rings. The summed E-state index contributed by atoms with van der Waals surface area (Å²) in [5.41, 5.74) is 3.13. The van der Waals surface area contributed by atoms with Gasteiger partial charge < -0.3 is 50.4 Å². The third kappa shape index (κ3) is 26.1. The number of carboxylic acid groups (broad SMARTS) is 1. The lowest BCUT2D eigenvalue weighted by Crippen LogP contribution is -2.52. The molecule has 0 saturated carbocycles. The zero-order valence-corrected chi connectivity index (χ0v) is 52.4. The number of pyridine rings is 1. The Kier molecular flexibility index (Phi) is 30.7. The molecule has 24 nitrogen and oxygen atoms in total. The maximum Gasteiger partial charge on any atom is 0.317 e. The summed E-state index contributed by atoms with van der Waals surface area (Å²) >= 11 is 0. The van der Waals surface area contributed by atoms with Crippen LogP contribution in [0.1, 0.15) is 111 Å². The number of carbonyl (C=O) groups excluding carboxylic acids is 8. The number of piperidine rings is 1. The molecule has 3 aliphatic heterocycles. The Morgan fingerprint density at radius 1 is 0.736 bits per heavy atom. The van der Waals surface area contributed by atoms with E-state index in [1.165, 1.54) is 23.4 Å². The van der Waals surface area contributed by atoms with Crippen LogP contribution in [0.3, 0.4) is 0 Å². The number of nitrogens with zero attached hydrogens (tertiary/aromatic N) is 7. The summed E-state index contributed by atoms with van der Waals surface area (Å²) < 4.78 is 44.1. The molecule has 0 unspecified atom stereocenters. The molecule has 2 aromatic carbocycles. The quantitative estimate of drug-likeness (QED) is 0.0320. The van der Waals surface area contributed by atoms with Crippen molar-refractivity contribution in [3.05, 3.63) is 71.4 Å². The number of rotatable bonds is 35. The lowest BCUT2D eigenvalue weighted by Gasteiger charge is -2.33. The topological polar surface area (TPSA) is 282 Å². The molecular weight excluding hydrogens is 1180 g/mol. The Morgan fingerprint density at radius 2 is 1.38 bits per heavy atom. The number of hydrogen-bond acceptors (Lipinski definition) is 17. The summed E-state index contributed by atoms with van der Waals surface area (Å²) in [5, 5.41) is 21.6. The van der Waals surface area contributed by atoms with Crippen molar-refractivity contribution >= 4 is 65.3 Å². The van der Waals surface area contributed by atoms with E-state index in [0.717, 1.165) is 37.0 Å². The van der Waals surface area contributed by atoms with Gasteiger partial charge in [-0.2, -0.15) is 0 Å². The van der Waals surface area contributed by atoms with Crippen LogP contribution in [0.5, 0.6) is 5.75 Å². The number of carboxylic acids is 1. The van der Waals surface area contributed by atoms with Crippen LogP contribution in [0.2, 0.25) is 0 Å². The largest absolute Gasteiger partial charge is 0.494 e. The number of ether oxygens (including phenoxy) is 3. The number of benzene rings is 2. The zero-order valence-electron chi connectivity index (χ0n) is 52.4. The minimum absolute atomic E-state index is 0.00210. The molecule has 0 bridgehead atoms. The minimum atomic E-state index is -3.09. The highest BCUT2D eigenvalue weighted by Crippen LogP contribution is 2.32. The van der Waals surface area contributed by atoms with Crippen molar-refractivity contribution in [3.8, 4) is 18.1 Å². The number of unbranched alkanes of at least 4 members (excludes halogenated alkanes) is 3. The van der Waals surface area contributed by atoms with Gasteiger partial charge in [0, 0.05) is 109 Å². The van der Waals surface area contributed by atoms with E-state index in [2.05, 4.69) is 56.4 Å². The summed E-state index contributed by atoms with van der Waals surface area (Å²) in [7, 11) is 0. The average Bonchev–Trinajstić information content (AvgIpc) is 1.91. The van der Waals surface area contributed by atoms with E-state index in [1.54, 1.807) is 23.1 Å². The average molecular weight is 1270 g/mol. The Bertz CT molecular complexity index is 2890. The molecule has 5 N–H and O–H groups in total. The van der Waals surface area contributed by atoms with Crippen LogP contribution in [-0.4, -0.2) is 237 Å². The number of likely N-dealkylation sites (tertiary alicyclic amines) is 2. The summed E-state index contributed by atoms with van der Waals surface area (Å²) in [6.45, 7) is 6.39. The molecule has 26 heteroatoms. The lowest BCUT2D eigenvalue weighted by molar-refractivity contribution is -0.139. The molecule has 498 valence electrons. The van der Waals surface area contributed by atoms with Crippen molar-refractivity contribution in [1.82, 2.24) is 55.7 Å². The molecule has 91 heavy (non-hydrogen) atoms. The van der Waals surface area contributed by atoms with E-state index in [4.69, 9.17) is 20.6 Å². The number of aliphatic carboxylic acids is 1. The number of aromatic nitrogens is 1. The van der Waals surface area contributed by atoms with Gasteiger partial charge in [-0.1, -0.05) is 42.2 Å². The zero-order chi connectivity index (χ0) is 65.4. The van der Waals surface area contributed by atoms with Crippen molar-refractivity contribution < 1.29 is 71.2 Å². The number of hydrogen-bond donors (Lipinski definition) is 5. The Labute approximate surface area is 531 Å². The van der Waals surface area contributed by atoms with E-state index < -0.39 is 61.2 Å². The van der Waals surface area contributed by atoms with Crippen LogP contribution in [0.15, 0.2) is 54.7 Å². The fraction of sp³-hybridized carbons (Fsp3) is 0.600. The van der Waals surface area contributed by atoms with Gasteiger partial charge in [-0.05, 0) is 113 Å². The van der Waals surface area contributed by atoms with Crippen LogP contribution in [-0.2, 0) is 54.3 Å². The van der Waals surface area contributed by atoms with E-state index >= 15 is 0 Å². The monoisotopic (exact) mass is 1270 g/mol. The molecule has 3 aromatic rings. The molecule has 0 radical (unpaired) electrons. The number of halogens is 2. The SMILES string of the molecule is C#C[C@H]1CC(F)(F)CN1C(=O)CNC(=O)c1ccnc2ccc(OCCCC3CCN(C(=O)CCCCCNC(=O)[C@H](CCCCNC(=O)CCCc4ccc(C)cc4)NC(=O)CN4CCN(COC=O)CCN(COC=O)CCN(CC(=O)O)CC4)CC3)cc12. The highest BCUT2D eigenvalue weighted by atomic mass is 19.3. The van der Waals surface area contributed by atoms with Crippen molar-refractivity contribution in [3.63, 3.8) is 0 Å². The number of alkyl halides is 2. The van der Waals surface area contributed by atoms with Crippen LogP contribution in [0, 0.1) is 25.2 Å². The van der Waals surface area contributed by atoms with Gasteiger partial charge >= 0.3 is 5.97 Å². The van der Waals surface area contributed by atoms with Gasteiger partial charge in [0.2, 0.25) is 29.5 Å². The van der Waals surface area contributed by atoms with E-state index in [9.17, 15) is 57.0 Å².